The number of carbonyl (C=O) groups is 1. The average Bonchev–Trinajstić information content (AvgIpc) is 2.06. The van der Waals surface area contributed by atoms with Gasteiger partial charge in [-0.05, 0) is 18.8 Å². The first-order chi connectivity index (χ1) is 5.70. The Bertz CT molecular complexity index is 153. The Labute approximate surface area is 74.1 Å². The zero-order valence-corrected chi connectivity index (χ0v) is 7.92. The van der Waals surface area contributed by atoms with Crippen LogP contribution in [0.3, 0.4) is 0 Å². The average molecular weight is 169 g/mol. The molecule has 1 amide bonds. The topological polar surface area (TPSA) is 34.4 Å². The summed E-state index contributed by atoms with van der Waals surface area (Å²) in [5, 5.41) is 4.28. The van der Waals surface area contributed by atoms with Crippen molar-refractivity contribution in [2.24, 2.45) is 5.92 Å². The molecular formula is C9H17N2O. The van der Waals surface area contributed by atoms with E-state index >= 15 is 0 Å². The van der Waals surface area contributed by atoms with E-state index in [0.29, 0.717) is 5.92 Å². The van der Waals surface area contributed by atoms with Gasteiger partial charge in [0.1, 0.15) is 0 Å². The highest BCUT2D eigenvalue weighted by atomic mass is 16.2. The summed E-state index contributed by atoms with van der Waals surface area (Å²) < 4.78 is 0. The predicted octanol–water partition coefficient (Wildman–Crippen LogP) is 0.479. The van der Waals surface area contributed by atoms with Crippen LogP contribution >= 0.6 is 0 Å². The first-order valence-electron chi connectivity index (χ1n) is 4.55. The Morgan fingerprint density at radius 2 is 2.08 bits per heavy atom. The van der Waals surface area contributed by atoms with Gasteiger partial charge in [-0.3, -0.25) is 4.79 Å². The van der Waals surface area contributed by atoms with Gasteiger partial charge in [0.25, 0.3) is 0 Å². The van der Waals surface area contributed by atoms with Crippen molar-refractivity contribution in [3.05, 3.63) is 0 Å². The highest BCUT2D eigenvalue weighted by Crippen LogP contribution is 2.13. The smallest absolute Gasteiger partial charge is 0.219 e. The molecule has 1 radical (unpaired) electrons. The molecule has 0 bridgehead atoms. The highest BCUT2D eigenvalue weighted by molar-refractivity contribution is 5.72. The molecular weight excluding hydrogens is 152 g/mol. The largest absolute Gasteiger partial charge is 0.346 e. The van der Waals surface area contributed by atoms with Crippen LogP contribution in [0.5, 0.6) is 0 Å². The van der Waals surface area contributed by atoms with Crippen molar-refractivity contribution < 1.29 is 4.79 Å². The normalized spacial score (nSPS) is 19.2. The fraction of sp³-hybridized carbons (Fsp3) is 0.889. The molecule has 0 aromatic rings. The lowest BCUT2D eigenvalue weighted by Crippen LogP contribution is -2.34. The minimum atomic E-state index is 0.164. The molecule has 69 valence electrons. The van der Waals surface area contributed by atoms with Gasteiger partial charge >= 0.3 is 0 Å². The molecule has 0 aromatic heterocycles. The molecule has 0 spiro atoms. The van der Waals surface area contributed by atoms with Crippen LogP contribution in [0.15, 0.2) is 0 Å². The summed E-state index contributed by atoms with van der Waals surface area (Å²) in [5.74, 6) is 0.842. The van der Waals surface area contributed by atoms with Crippen molar-refractivity contribution in [3.63, 3.8) is 0 Å². The molecule has 1 aliphatic heterocycles. The molecule has 0 aromatic carbocycles. The van der Waals surface area contributed by atoms with Gasteiger partial charge in [0.2, 0.25) is 5.91 Å². The lowest BCUT2D eigenvalue weighted by Gasteiger charge is -2.26. The highest BCUT2D eigenvalue weighted by Gasteiger charge is 2.16. The number of hydrogen-bond acceptors (Lipinski definition) is 1. The number of nitrogens with zero attached hydrogens (tertiary/aromatic N) is 2. The Balaban J connectivity index is 2.24. The van der Waals surface area contributed by atoms with E-state index in [1.807, 2.05) is 7.05 Å². The van der Waals surface area contributed by atoms with Gasteiger partial charge in [-0.1, -0.05) is 0 Å². The molecule has 3 nitrogen and oxygen atoms in total. The fourth-order valence-electron chi connectivity index (χ4n) is 1.50. The molecule has 0 atom stereocenters. The van der Waals surface area contributed by atoms with Crippen LogP contribution in [-0.4, -0.2) is 37.5 Å². The zero-order valence-electron chi connectivity index (χ0n) is 7.92. The van der Waals surface area contributed by atoms with Gasteiger partial charge in [-0.2, -0.15) is 0 Å². The third kappa shape index (κ3) is 2.81. The van der Waals surface area contributed by atoms with Crippen molar-refractivity contribution in [1.29, 1.82) is 0 Å². The second-order valence-electron chi connectivity index (χ2n) is 3.51. The zero-order chi connectivity index (χ0) is 8.97. The molecule has 1 aliphatic rings. The second kappa shape index (κ2) is 4.45. The molecule has 0 aliphatic carbocycles. The summed E-state index contributed by atoms with van der Waals surface area (Å²) in [5.41, 5.74) is 0. The molecule has 0 unspecified atom stereocenters. The standard InChI is InChI=1S/C9H17N2O/c1-8(12)11(2)7-9-3-5-10-6-4-9/h9H,3-7H2,1-2H3. The van der Waals surface area contributed by atoms with Crippen LogP contribution < -0.4 is 5.32 Å². The van der Waals surface area contributed by atoms with Crippen LogP contribution in [0.25, 0.3) is 0 Å². The van der Waals surface area contributed by atoms with E-state index in [1.54, 1.807) is 11.8 Å². The van der Waals surface area contributed by atoms with Crippen molar-refractivity contribution in [1.82, 2.24) is 10.2 Å². The summed E-state index contributed by atoms with van der Waals surface area (Å²) in [6.45, 7) is 4.49. The van der Waals surface area contributed by atoms with E-state index in [4.69, 9.17) is 0 Å². The number of piperidine rings is 1. The van der Waals surface area contributed by atoms with Crippen LogP contribution in [0.1, 0.15) is 19.8 Å². The third-order valence-electron chi connectivity index (χ3n) is 2.46. The second-order valence-corrected chi connectivity index (χ2v) is 3.51. The lowest BCUT2D eigenvalue weighted by atomic mass is 9.98. The molecule has 0 N–H and O–H groups in total. The van der Waals surface area contributed by atoms with Crippen molar-refractivity contribution >= 4 is 5.91 Å². The summed E-state index contributed by atoms with van der Waals surface area (Å²) >= 11 is 0. The minimum Gasteiger partial charge on any atom is -0.346 e. The Morgan fingerprint density at radius 1 is 1.50 bits per heavy atom. The first-order valence-corrected chi connectivity index (χ1v) is 4.55. The number of hydrogen-bond donors (Lipinski definition) is 0. The van der Waals surface area contributed by atoms with E-state index in [0.717, 1.165) is 32.5 Å². The maximum Gasteiger partial charge on any atom is 0.219 e. The molecule has 1 fully saturated rings. The van der Waals surface area contributed by atoms with Gasteiger partial charge in [0, 0.05) is 33.6 Å². The van der Waals surface area contributed by atoms with E-state index in [9.17, 15) is 4.79 Å². The summed E-state index contributed by atoms with van der Waals surface area (Å²) in [6, 6.07) is 0. The van der Waals surface area contributed by atoms with Crippen LogP contribution in [0.2, 0.25) is 0 Å². The molecule has 1 rings (SSSR count). The van der Waals surface area contributed by atoms with E-state index in [1.165, 1.54) is 0 Å². The van der Waals surface area contributed by atoms with E-state index in [-0.39, 0.29) is 5.91 Å². The SMILES string of the molecule is CC(=O)N(C)CC1CC[N]CC1. The van der Waals surface area contributed by atoms with Crippen molar-refractivity contribution in [2.45, 2.75) is 19.8 Å². The lowest BCUT2D eigenvalue weighted by molar-refractivity contribution is -0.128. The summed E-state index contributed by atoms with van der Waals surface area (Å²) in [7, 11) is 1.87. The number of rotatable bonds is 2. The first kappa shape index (κ1) is 9.52. The Morgan fingerprint density at radius 3 is 2.58 bits per heavy atom. The Kier molecular flexibility index (Phi) is 3.53. The quantitative estimate of drug-likeness (QED) is 0.592. The van der Waals surface area contributed by atoms with Gasteiger partial charge in [-0.25, -0.2) is 5.32 Å². The molecule has 1 saturated heterocycles. The predicted molar refractivity (Wildman–Crippen MR) is 47.9 cm³/mol. The number of amides is 1. The van der Waals surface area contributed by atoms with E-state index < -0.39 is 0 Å². The van der Waals surface area contributed by atoms with Crippen LogP contribution in [0.4, 0.5) is 0 Å². The maximum absolute atomic E-state index is 10.9. The monoisotopic (exact) mass is 169 g/mol. The summed E-state index contributed by atoms with van der Waals surface area (Å²) in [4.78, 5) is 12.7. The van der Waals surface area contributed by atoms with Crippen LogP contribution in [-0.2, 0) is 4.79 Å². The van der Waals surface area contributed by atoms with Gasteiger partial charge < -0.3 is 4.90 Å². The maximum atomic E-state index is 10.9. The minimum absolute atomic E-state index is 0.164. The number of carbonyl (C=O) groups excluding carboxylic acids is 1. The molecule has 0 saturated carbocycles. The van der Waals surface area contributed by atoms with Gasteiger partial charge in [0.05, 0.1) is 0 Å². The van der Waals surface area contributed by atoms with Crippen molar-refractivity contribution in [3.8, 4) is 0 Å². The molecule has 12 heavy (non-hydrogen) atoms. The van der Waals surface area contributed by atoms with Gasteiger partial charge in [0.15, 0.2) is 0 Å². The third-order valence-corrected chi connectivity index (χ3v) is 2.46. The molecule has 3 heteroatoms. The summed E-state index contributed by atoms with van der Waals surface area (Å²) in [6.07, 6.45) is 2.30. The van der Waals surface area contributed by atoms with Crippen molar-refractivity contribution in [2.75, 3.05) is 26.7 Å². The molecule has 1 heterocycles. The van der Waals surface area contributed by atoms with E-state index in [2.05, 4.69) is 5.32 Å². The van der Waals surface area contributed by atoms with Crippen LogP contribution in [0, 0.1) is 5.92 Å². The van der Waals surface area contributed by atoms with Gasteiger partial charge in [-0.15, -0.1) is 0 Å². The Hall–Kier alpha value is -0.570. The fourth-order valence-corrected chi connectivity index (χ4v) is 1.50.